The van der Waals surface area contributed by atoms with Gasteiger partial charge in [0.1, 0.15) is 12.4 Å². The first-order chi connectivity index (χ1) is 16.3. The first-order valence-corrected chi connectivity index (χ1v) is 11.2. The van der Waals surface area contributed by atoms with Crippen LogP contribution in [-0.2, 0) is 16.8 Å². The maximum atomic E-state index is 12.8. The molecule has 0 saturated heterocycles. The lowest BCUT2D eigenvalue weighted by Gasteiger charge is -2.41. The van der Waals surface area contributed by atoms with Crippen molar-refractivity contribution >= 4 is 23.6 Å². The van der Waals surface area contributed by atoms with Crippen molar-refractivity contribution in [3.63, 3.8) is 0 Å². The van der Waals surface area contributed by atoms with Crippen LogP contribution in [0.3, 0.4) is 0 Å². The van der Waals surface area contributed by atoms with E-state index >= 15 is 0 Å². The van der Waals surface area contributed by atoms with Gasteiger partial charge in [-0.15, -0.1) is 0 Å². The van der Waals surface area contributed by atoms with E-state index in [0.717, 1.165) is 36.0 Å². The number of aliphatic imine (C=N–C) groups is 1. The molecule has 10 heteroatoms. The summed E-state index contributed by atoms with van der Waals surface area (Å²) in [7, 11) is 1.72. The number of rotatable bonds is 7. The summed E-state index contributed by atoms with van der Waals surface area (Å²) in [6.07, 6.45) is 8.93. The number of anilines is 1. The molecule has 0 atom stereocenters. The molecule has 1 aliphatic carbocycles. The molecular formula is C24H28N8O2. The summed E-state index contributed by atoms with van der Waals surface area (Å²) >= 11 is 0. The van der Waals surface area contributed by atoms with Crippen molar-refractivity contribution in [2.45, 2.75) is 38.1 Å². The Balaban J connectivity index is 1.51. The van der Waals surface area contributed by atoms with Crippen molar-refractivity contribution in [2.75, 3.05) is 19.3 Å². The first-order valence-electron chi connectivity index (χ1n) is 11.2. The number of nitrogens with two attached hydrogens (primary N) is 2. The second-order valence-electron chi connectivity index (χ2n) is 8.48. The summed E-state index contributed by atoms with van der Waals surface area (Å²) in [4.78, 5) is 38.8. The van der Waals surface area contributed by atoms with Crippen LogP contribution in [0.5, 0.6) is 0 Å². The van der Waals surface area contributed by atoms with Crippen LogP contribution in [0.15, 0.2) is 54.0 Å². The summed E-state index contributed by atoms with van der Waals surface area (Å²) in [5, 5.41) is 4.12. The molecule has 4 rings (SSSR count). The Hall–Kier alpha value is -4.08. The highest BCUT2D eigenvalue weighted by molar-refractivity contribution is 6.06. The number of amidine groups is 1. The highest BCUT2D eigenvalue weighted by atomic mass is 16.2. The van der Waals surface area contributed by atoms with Crippen molar-refractivity contribution in [3.8, 4) is 11.1 Å². The molecule has 0 bridgehead atoms. The molecule has 0 unspecified atom stereocenters. The van der Waals surface area contributed by atoms with E-state index in [1.54, 1.807) is 24.3 Å². The summed E-state index contributed by atoms with van der Waals surface area (Å²) in [5.41, 5.74) is 14.6. The van der Waals surface area contributed by atoms with Gasteiger partial charge in [-0.25, -0.2) is 9.97 Å². The minimum absolute atomic E-state index is 0.0617. The van der Waals surface area contributed by atoms with Crippen molar-refractivity contribution in [1.29, 1.82) is 0 Å². The number of hydrogen-bond donors (Lipinski definition) is 2. The van der Waals surface area contributed by atoms with Crippen molar-refractivity contribution in [3.05, 3.63) is 60.2 Å². The monoisotopic (exact) mass is 460 g/mol. The van der Waals surface area contributed by atoms with Gasteiger partial charge in [0.05, 0.1) is 17.2 Å². The van der Waals surface area contributed by atoms with Gasteiger partial charge >= 0.3 is 0 Å². The number of nitrogens with zero attached hydrogens (tertiary/aromatic N) is 6. The molecule has 3 aromatic rings. The molecule has 10 nitrogen and oxygen atoms in total. The average molecular weight is 461 g/mol. The van der Waals surface area contributed by atoms with Crippen LogP contribution >= 0.6 is 0 Å². The van der Waals surface area contributed by atoms with E-state index in [9.17, 15) is 9.59 Å². The van der Waals surface area contributed by atoms with Gasteiger partial charge in [-0.2, -0.15) is 10.1 Å². The largest absolute Gasteiger partial charge is 0.386 e. The van der Waals surface area contributed by atoms with Crippen LogP contribution in [0, 0.1) is 0 Å². The number of aromatic nitrogens is 4. The molecule has 2 amide bonds. The van der Waals surface area contributed by atoms with E-state index in [2.05, 4.69) is 20.1 Å². The summed E-state index contributed by atoms with van der Waals surface area (Å²) in [6.45, 7) is 2.55. The van der Waals surface area contributed by atoms with E-state index in [1.165, 1.54) is 17.1 Å². The van der Waals surface area contributed by atoms with E-state index in [1.807, 2.05) is 31.2 Å². The third-order valence-electron chi connectivity index (χ3n) is 6.44. The van der Waals surface area contributed by atoms with Crippen LogP contribution < -0.4 is 11.5 Å². The Morgan fingerprint density at radius 3 is 2.38 bits per heavy atom. The fraction of sp³-hybridized carbons (Fsp3) is 0.333. The Morgan fingerprint density at radius 2 is 1.79 bits per heavy atom. The number of likely N-dealkylation sites (N-methyl/N-ethyl adjacent to an activating group) is 1. The Bertz CT molecular complexity index is 1210. The van der Waals surface area contributed by atoms with Gasteiger partial charge in [0, 0.05) is 37.7 Å². The minimum atomic E-state index is -0.471. The summed E-state index contributed by atoms with van der Waals surface area (Å²) in [5.74, 6) is -0.0354. The van der Waals surface area contributed by atoms with Gasteiger partial charge < -0.3 is 16.4 Å². The Kier molecular flexibility index (Phi) is 6.40. The van der Waals surface area contributed by atoms with Gasteiger partial charge in [-0.3, -0.25) is 14.3 Å². The first kappa shape index (κ1) is 23.1. The zero-order valence-corrected chi connectivity index (χ0v) is 19.3. The van der Waals surface area contributed by atoms with E-state index in [4.69, 9.17) is 11.5 Å². The maximum absolute atomic E-state index is 12.8. The van der Waals surface area contributed by atoms with Gasteiger partial charge in [0.2, 0.25) is 11.9 Å². The predicted molar refractivity (Wildman–Crippen MR) is 129 cm³/mol. The fourth-order valence-corrected chi connectivity index (χ4v) is 3.97. The molecule has 0 aliphatic heterocycles. The lowest BCUT2D eigenvalue weighted by Crippen LogP contribution is -2.47. The molecule has 1 fully saturated rings. The van der Waals surface area contributed by atoms with Crippen LogP contribution in [0.4, 0.5) is 5.95 Å². The highest BCUT2D eigenvalue weighted by Crippen LogP contribution is 2.44. The van der Waals surface area contributed by atoms with Crippen LogP contribution in [0.1, 0.15) is 42.1 Å². The number of hydrogen-bond acceptors (Lipinski definition) is 6. The third-order valence-corrected chi connectivity index (χ3v) is 6.44. The molecule has 1 aliphatic rings. The smallest absolute Gasteiger partial charge is 0.281 e. The summed E-state index contributed by atoms with van der Waals surface area (Å²) in [6, 6.07) is 7.97. The van der Waals surface area contributed by atoms with Crippen LogP contribution in [-0.4, -0.2) is 55.9 Å². The molecule has 176 valence electrons. The molecule has 1 aromatic carbocycles. The molecule has 2 heterocycles. The molecule has 1 saturated carbocycles. The van der Waals surface area contributed by atoms with Gasteiger partial charge in [-0.05, 0) is 30.9 Å². The average Bonchev–Trinajstić information content (AvgIpc) is 3.27. The van der Waals surface area contributed by atoms with Crippen LogP contribution in [0.2, 0.25) is 0 Å². The van der Waals surface area contributed by atoms with E-state index in [0.29, 0.717) is 17.9 Å². The number of nitrogen functional groups attached to an aromatic ring is 1. The van der Waals surface area contributed by atoms with Gasteiger partial charge in [0.15, 0.2) is 0 Å². The molecule has 2 aromatic heterocycles. The quantitative estimate of drug-likeness (QED) is 0.405. The SMILES string of the molecule is CCN(C)C(=O)Cn1cc(C(=O)N=C(N)C2(c3ccc(-c4cnc(N)nc4)cc3)CCC2)cn1. The predicted octanol–water partition coefficient (Wildman–Crippen LogP) is 2.02. The second kappa shape index (κ2) is 9.42. The summed E-state index contributed by atoms with van der Waals surface area (Å²) < 4.78 is 1.44. The number of carbonyl (C=O) groups is 2. The zero-order chi connectivity index (χ0) is 24.3. The van der Waals surface area contributed by atoms with Gasteiger partial charge in [-0.1, -0.05) is 30.7 Å². The van der Waals surface area contributed by atoms with Crippen molar-refractivity contribution in [1.82, 2.24) is 24.6 Å². The topological polar surface area (TPSA) is 145 Å². The number of benzene rings is 1. The number of amides is 2. The van der Waals surface area contributed by atoms with Crippen molar-refractivity contribution in [2.24, 2.45) is 10.7 Å². The lowest BCUT2D eigenvalue weighted by atomic mass is 9.63. The number of carbonyl (C=O) groups excluding carboxylic acids is 2. The third kappa shape index (κ3) is 4.52. The Labute approximate surface area is 197 Å². The zero-order valence-electron chi connectivity index (χ0n) is 19.3. The fourth-order valence-electron chi connectivity index (χ4n) is 3.97. The Morgan fingerprint density at radius 1 is 1.12 bits per heavy atom. The second-order valence-corrected chi connectivity index (χ2v) is 8.48. The molecule has 0 spiro atoms. The lowest BCUT2D eigenvalue weighted by molar-refractivity contribution is -0.130. The minimum Gasteiger partial charge on any atom is -0.386 e. The van der Waals surface area contributed by atoms with Crippen LogP contribution in [0.25, 0.3) is 11.1 Å². The highest BCUT2D eigenvalue weighted by Gasteiger charge is 2.42. The van der Waals surface area contributed by atoms with E-state index < -0.39 is 11.3 Å². The molecule has 34 heavy (non-hydrogen) atoms. The maximum Gasteiger partial charge on any atom is 0.281 e. The normalized spacial score (nSPS) is 14.9. The standard InChI is InChI=1S/C24H28N8O2/c1-3-31(2)20(33)15-32-14-18(13-29-32)21(34)30-22(25)24(9-4-10-24)19-7-5-16(6-8-19)17-11-27-23(26)28-12-17/h5-8,11-14H,3-4,9-10,15H2,1-2H3,(H2,25,30,34)(H2,26,27,28). The van der Waals surface area contributed by atoms with Crippen molar-refractivity contribution < 1.29 is 9.59 Å². The van der Waals surface area contributed by atoms with E-state index in [-0.39, 0.29) is 18.4 Å². The van der Waals surface area contributed by atoms with Gasteiger partial charge in [0.25, 0.3) is 5.91 Å². The molecular weight excluding hydrogens is 432 g/mol. The molecule has 4 N–H and O–H groups in total. The molecule has 0 radical (unpaired) electrons.